The van der Waals surface area contributed by atoms with E-state index in [0.29, 0.717) is 37.6 Å². The second-order valence-electron chi connectivity index (χ2n) is 7.89. The summed E-state index contributed by atoms with van der Waals surface area (Å²) in [7, 11) is 0. The fraction of sp³-hybridized carbons (Fsp3) is 0.500. The fourth-order valence-corrected chi connectivity index (χ4v) is 4.73. The number of rotatable bonds is 3. The molecular weight excluding hydrogens is 378 g/mol. The van der Waals surface area contributed by atoms with Crippen molar-refractivity contribution in [2.75, 3.05) is 26.2 Å². The Morgan fingerprint density at radius 2 is 2.11 bits per heavy atom. The van der Waals surface area contributed by atoms with Gasteiger partial charge in [-0.25, -0.2) is 4.98 Å². The Balaban J connectivity index is 1.54. The molecule has 0 unspecified atom stereocenters. The Kier molecular flexibility index (Phi) is 4.87. The number of likely N-dealkylation sites (tertiary alicyclic amines) is 2. The number of fused-ring (bicyclic) bond motifs is 1. The van der Waals surface area contributed by atoms with Gasteiger partial charge in [-0.2, -0.15) is 5.10 Å². The number of piperidine rings is 1. The van der Waals surface area contributed by atoms with Gasteiger partial charge in [0.05, 0.1) is 11.8 Å². The van der Waals surface area contributed by atoms with E-state index in [1.807, 2.05) is 34.9 Å². The average molecular weight is 402 g/mol. The number of aryl methyl sites for hydroxylation is 1. The van der Waals surface area contributed by atoms with Gasteiger partial charge in [-0.1, -0.05) is 23.7 Å². The predicted molar refractivity (Wildman–Crippen MR) is 105 cm³/mol. The first-order valence-corrected chi connectivity index (χ1v) is 9.92. The number of H-pyrrole nitrogens is 1. The number of benzene rings is 1. The van der Waals surface area contributed by atoms with Gasteiger partial charge in [-0.05, 0) is 31.0 Å². The number of halogens is 1. The van der Waals surface area contributed by atoms with Gasteiger partial charge in [0.15, 0.2) is 5.82 Å². The molecular formula is C20H24ClN5O2. The third kappa shape index (κ3) is 3.39. The van der Waals surface area contributed by atoms with Crippen LogP contribution in [0, 0.1) is 12.8 Å². The Hall–Kier alpha value is -2.41. The standard InChI is InChI=1S/C20H24ClN5O2/c1-13-22-19(24-23-13)20-6-7-25(10-16(20)11-26(12-20)14(2)27)18(28)9-15-4-3-5-17(21)8-15/h3-5,8,16H,6-7,9-12H2,1-2H3,(H,22,23,24)/t16-,20-/m1/s1. The van der Waals surface area contributed by atoms with Crippen LogP contribution in [0.2, 0.25) is 5.02 Å². The molecule has 2 atom stereocenters. The molecule has 2 saturated heterocycles. The minimum atomic E-state index is -0.288. The van der Waals surface area contributed by atoms with Gasteiger partial charge < -0.3 is 9.80 Å². The number of aromatic nitrogens is 3. The number of nitrogens with one attached hydrogen (secondary N) is 1. The minimum Gasteiger partial charge on any atom is -0.342 e. The highest BCUT2D eigenvalue weighted by atomic mass is 35.5. The van der Waals surface area contributed by atoms with Crippen LogP contribution in [0.15, 0.2) is 24.3 Å². The summed E-state index contributed by atoms with van der Waals surface area (Å²) in [6.45, 7) is 5.95. The van der Waals surface area contributed by atoms with Crippen molar-refractivity contribution in [3.05, 3.63) is 46.5 Å². The number of hydrogen-bond donors (Lipinski definition) is 1. The van der Waals surface area contributed by atoms with E-state index in [-0.39, 0.29) is 23.1 Å². The average Bonchev–Trinajstić information content (AvgIpc) is 3.25. The monoisotopic (exact) mass is 401 g/mol. The van der Waals surface area contributed by atoms with E-state index in [4.69, 9.17) is 11.6 Å². The molecule has 2 fully saturated rings. The lowest BCUT2D eigenvalue weighted by atomic mass is 9.72. The predicted octanol–water partition coefficient (Wildman–Crippen LogP) is 1.96. The van der Waals surface area contributed by atoms with Crippen molar-refractivity contribution >= 4 is 23.4 Å². The Morgan fingerprint density at radius 1 is 1.32 bits per heavy atom. The molecule has 2 aliphatic heterocycles. The molecule has 2 amide bonds. The van der Waals surface area contributed by atoms with Crippen LogP contribution in [0.25, 0.3) is 0 Å². The van der Waals surface area contributed by atoms with E-state index in [1.54, 1.807) is 13.0 Å². The summed E-state index contributed by atoms with van der Waals surface area (Å²) in [5.41, 5.74) is 0.624. The zero-order valence-electron chi connectivity index (χ0n) is 16.1. The first-order valence-electron chi connectivity index (χ1n) is 9.54. The maximum Gasteiger partial charge on any atom is 0.227 e. The Bertz CT molecular complexity index is 914. The number of hydrogen-bond acceptors (Lipinski definition) is 4. The summed E-state index contributed by atoms with van der Waals surface area (Å²) >= 11 is 6.04. The van der Waals surface area contributed by atoms with E-state index < -0.39 is 0 Å². The lowest BCUT2D eigenvalue weighted by Crippen LogP contribution is -2.52. The summed E-state index contributed by atoms with van der Waals surface area (Å²) in [6.07, 6.45) is 1.08. The van der Waals surface area contributed by atoms with Crippen molar-refractivity contribution in [2.24, 2.45) is 5.92 Å². The van der Waals surface area contributed by atoms with E-state index in [0.717, 1.165) is 23.6 Å². The van der Waals surface area contributed by atoms with Gasteiger partial charge in [0, 0.05) is 44.0 Å². The van der Waals surface area contributed by atoms with Crippen LogP contribution < -0.4 is 0 Å². The molecule has 0 saturated carbocycles. The van der Waals surface area contributed by atoms with Crippen LogP contribution in [0.4, 0.5) is 0 Å². The van der Waals surface area contributed by atoms with Crippen LogP contribution in [0.5, 0.6) is 0 Å². The molecule has 2 aromatic rings. The molecule has 148 valence electrons. The number of carbonyl (C=O) groups excluding carboxylic acids is 2. The van der Waals surface area contributed by atoms with Gasteiger partial charge in [-0.3, -0.25) is 14.7 Å². The van der Waals surface area contributed by atoms with Crippen LogP contribution in [-0.4, -0.2) is 63.0 Å². The summed E-state index contributed by atoms with van der Waals surface area (Å²) < 4.78 is 0. The van der Waals surface area contributed by atoms with Gasteiger partial charge in [-0.15, -0.1) is 0 Å². The normalized spacial score (nSPS) is 24.3. The number of nitrogens with zero attached hydrogens (tertiary/aromatic N) is 4. The quantitative estimate of drug-likeness (QED) is 0.852. The highest BCUT2D eigenvalue weighted by Crippen LogP contribution is 2.44. The topological polar surface area (TPSA) is 82.2 Å². The van der Waals surface area contributed by atoms with Gasteiger partial charge >= 0.3 is 0 Å². The maximum absolute atomic E-state index is 12.9. The van der Waals surface area contributed by atoms with Crippen molar-refractivity contribution in [1.82, 2.24) is 25.0 Å². The van der Waals surface area contributed by atoms with Gasteiger partial charge in [0.2, 0.25) is 11.8 Å². The maximum atomic E-state index is 12.9. The molecule has 3 heterocycles. The number of aromatic amines is 1. The molecule has 1 N–H and O–H groups in total. The first-order chi connectivity index (χ1) is 13.4. The van der Waals surface area contributed by atoms with E-state index in [2.05, 4.69) is 15.2 Å². The van der Waals surface area contributed by atoms with Crippen molar-refractivity contribution < 1.29 is 9.59 Å². The smallest absolute Gasteiger partial charge is 0.227 e. The molecule has 4 rings (SSSR count). The van der Waals surface area contributed by atoms with Crippen LogP contribution in [0.3, 0.4) is 0 Å². The van der Waals surface area contributed by atoms with Gasteiger partial charge in [0.1, 0.15) is 5.82 Å². The van der Waals surface area contributed by atoms with Crippen molar-refractivity contribution in [2.45, 2.75) is 32.1 Å². The van der Waals surface area contributed by atoms with Gasteiger partial charge in [0.25, 0.3) is 0 Å². The van der Waals surface area contributed by atoms with Crippen molar-refractivity contribution in [1.29, 1.82) is 0 Å². The van der Waals surface area contributed by atoms with Crippen molar-refractivity contribution in [3.8, 4) is 0 Å². The summed E-state index contributed by atoms with van der Waals surface area (Å²) in [4.78, 5) is 33.3. The molecule has 8 heteroatoms. The molecule has 0 radical (unpaired) electrons. The third-order valence-corrected chi connectivity index (χ3v) is 6.28. The minimum absolute atomic E-state index is 0.0536. The zero-order valence-corrected chi connectivity index (χ0v) is 16.9. The number of carbonyl (C=O) groups is 2. The Morgan fingerprint density at radius 3 is 2.79 bits per heavy atom. The molecule has 1 aromatic carbocycles. The fourth-order valence-electron chi connectivity index (χ4n) is 4.51. The molecule has 2 aliphatic rings. The van der Waals surface area contributed by atoms with Crippen molar-refractivity contribution in [3.63, 3.8) is 0 Å². The summed E-state index contributed by atoms with van der Waals surface area (Å²) in [5.74, 6) is 1.80. The molecule has 0 bridgehead atoms. The van der Waals surface area contributed by atoms with E-state index in [1.165, 1.54) is 0 Å². The van der Waals surface area contributed by atoms with E-state index >= 15 is 0 Å². The molecule has 0 spiro atoms. The molecule has 28 heavy (non-hydrogen) atoms. The molecule has 0 aliphatic carbocycles. The van der Waals surface area contributed by atoms with E-state index in [9.17, 15) is 9.59 Å². The number of amides is 2. The highest BCUT2D eigenvalue weighted by Gasteiger charge is 2.54. The first kappa shape index (κ1) is 18.9. The molecule has 7 nitrogen and oxygen atoms in total. The lowest BCUT2D eigenvalue weighted by Gasteiger charge is -2.41. The lowest BCUT2D eigenvalue weighted by molar-refractivity contribution is -0.133. The second-order valence-corrected chi connectivity index (χ2v) is 8.33. The highest BCUT2D eigenvalue weighted by molar-refractivity contribution is 6.30. The van der Waals surface area contributed by atoms with Crippen LogP contribution in [-0.2, 0) is 21.4 Å². The SMILES string of the molecule is CC(=O)N1C[C@H]2CN(C(=O)Cc3cccc(Cl)c3)CC[C@@]2(c2n[nH]c(C)n2)C1. The Labute approximate surface area is 169 Å². The van der Waals surface area contributed by atoms with Crippen LogP contribution in [0.1, 0.15) is 30.6 Å². The van der Waals surface area contributed by atoms with Crippen LogP contribution >= 0.6 is 11.6 Å². The summed E-state index contributed by atoms with van der Waals surface area (Å²) in [6, 6.07) is 7.41. The zero-order chi connectivity index (χ0) is 19.9. The third-order valence-electron chi connectivity index (χ3n) is 6.05. The molecule has 1 aromatic heterocycles. The second kappa shape index (κ2) is 7.20. The summed E-state index contributed by atoms with van der Waals surface area (Å²) in [5, 5.41) is 7.99. The largest absolute Gasteiger partial charge is 0.342 e.